The largest absolute Gasteiger partial charge is 0.321 e. The summed E-state index contributed by atoms with van der Waals surface area (Å²) in [5.74, 6) is 0.667. The van der Waals surface area contributed by atoms with E-state index in [-0.39, 0.29) is 11.7 Å². The van der Waals surface area contributed by atoms with Crippen molar-refractivity contribution in [2.75, 3.05) is 44.3 Å². The number of thioether (sulfide) groups is 1. The molecule has 2 aromatic carbocycles. The van der Waals surface area contributed by atoms with Gasteiger partial charge < -0.3 is 10.2 Å². The van der Waals surface area contributed by atoms with Crippen LogP contribution in [0.1, 0.15) is 22.8 Å². The SMILES string of the molecule is CCSc1ccccc1NC(=O)c1ccc(CS(=O)(=O)N2CCN(C)CC2)cc1. The summed E-state index contributed by atoms with van der Waals surface area (Å²) < 4.78 is 26.8. The molecule has 1 saturated heterocycles. The van der Waals surface area contributed by atoms with Gasteiger partial charge in [0.05, 0.1) is 11.4 Å². The first-order chi connectivity index (χ1) is 13.9. The third-order valence-electron chi connectivity index (χ3n) is 4.86. The van der Waals surface area contributed by atoms with Crippen LogP contribution in [0.2, 0.25) is 0 Å². The molecular formula is C21H27N3O3S2. The second-order valence-corrected chi connectivity index (χ2v) is 10.3. The number of hydrogen-bond donors (Lipinski definition) is 1. The van der Waals surface area contributed by atoms with Crippen LogP contribution in [0.5, 0.6) is 0 Å². The van der Waals surface area contributed by atoms with Gasteiger partial charge >= 0.3 is 0 Å². The van der Waals surface area contributed by atoms with Crippen molar-refractivity contribution in [2.45, 2.75) is 17.6 Å². The van der Waals surface area contributed by atoms with Gasteiger partial charge in [0, 0.05) is 36.6 Å². The van der Waals surface area contributed by atoms with E-state index in [0.717, 1.165) is 29.4 Å². The molecule has 2 aromatic rings. The average Bonchev–Trinajstić information content (AvgIpc) is 2.70. The van der Waals surface area contributed by atoms with Crippen LogP contribution in [0.15, 0.2) is 53.4 Å². The summed E-state index contributed by atoms with van der Waals surface area (Å²) in [6, 6.07) is 14.5. The molecule has 0 aliphatic carbocycles. The van der Waals surface area contributed by atoms with E-state index in [2.05, 4.69) is 17.1 Å². The van der Waals surface area contributed by atoms with Crippen molar-refractivity contribution in [3.8, 4) is 0 Å². The zero-order chi connectivity index (χ0) is 20.9. The summed E-state index contributed by atoms with van der Waals surface area (Å²) >= 11 is 1.67. The number of hydrogen-bond acceptors (Lipinski definition) is 5. The van der Waals surface area contributed by atoms with Crippen molar-refractivity contribution in [2.24, 2.45) is 0 Å². The Balaban J connectivity index is 1.65. The number of amides is 1. The fraction of sp³-hybridized carbons (Fsp3) is 0.381. The third-order valence-corrected chi connectivity index (χ3v) is 7.66. The minimum Gasteiger partial charge on any atom is -0.321 e. The van der Waals surface area contributed by atoms with Crippen LogP contribution in [0.4, 0.5) is 5.69 Å². The normalized spacial score (nSPS) is 15.9. The van der Waals surface area contributed by atoms with E-state index in [1.54, 1.807) is 40.3 Å². The van der Waals surface area contributed by atoms with Gasteiger partial charge in [-0.1, -0.05) is 31.2 Å². The van der Waals surface area contributed by atoms with Gasteiger partial charge in [-0.2, -0.15) is 4.31 Å². The number of sulfonamides is 1. The van der Waals surface area contributed by atoms with Crippen molar-refractivity contribution < 1.29 is 13.2 Å². The molecule has 1 fully saturated rings. The van der Waals surface area contributed by atoms with E-state index < -0.39 is 10.0 Å². The number of rotatable bonds is 7. The van der Waals surface area contributed by atoms with Gasteiger partial charge in [-0.05, 0) is 42.6 Å². The number of piperazine rings is 1. The monoisotopic (exact) mass is 433 g/mol. The highest BCUT2D eigenvalue weighted by atomic mass is 32.2. The van der Waals surface area contributed by atoms with E-state index >= 15 is 0 Å². The maximum atomic E-state index is 12.6. The van der Waals surface area contributed by atoms with Gasteiger partial charge in [0.15, 0.2) is 0 Å². The Kier molecular flexibility index (Phi) is 7.34. The molecule has 0 unspecified atom stereocenters. The Morgan fingerprint density at radius 1 is 1.03 bits per heavy atom. The molecule has 0 spiro atoms. The highest BCUT2D eigenvalue weighted by Gasteiger charge is 2.25. The third kappa shape index (κ3) is 5.82. The minimum atomic E-state index is -3.35. The average molecular weight is 434 g/mol. The first-order valence-corrected chi connectivity index (χ1v) is 12.3. The second-order valence-electron chi connectivity index (χ2n) is 7.04. The van der Waals surface area contributed by atoms with E-state index in [4.69, 9.17) is 0 Å². The number of anilines is 1. The summed E-state index contributed by atoms with van der Waals surface area (Å²) in [6.45, 7) is 4.60. The predicted molar refractivity (Wildman–Crippen MR) is 119 cm³/mol. The smallest absolute Gasteiger partial charge is 0.255 e. The molecule has 1 N–H and O–H groups in total. The Morgan fingerprint density at radius 2 is 1.69 bits per heavy atom. The predicted octanol–water partition coefficient (Wildman–Crippen LogP) is 3.13. The lowest BCUT2D eigenvalue weighted by Crippen LogP contribution is -2.47. The summed E-state index contributed by atoms with van der Waals surface area (Å²) in [7, 11) is -1.36. The number of carbonyl (C=O) groups is 1. The van der Waals surface area contributed by atoms with E-state index in [9.17, 15) is 13.2 Å². The van der Waals surface area contributed by atoms with E-state index in [0.29, 0.717) is 24.2 Å². The lowest BCUT2D eigenvalue weighted by atomic mass is 10.1. The zero-order valence-electron chi connectivity index (χ0n) is 16.8. The van der Waals surface area contributed by atoms with Crippen LogP contribution in [-0.4, -0.2) is 62.5 Å². The molecule has 0 radical (unpaired) electrons. The number of likely N-dealkylation sites (N-methyl/N-ethyl adjacent to an activating group) is 1. The molecule has 156 valence electrons. The lowest BCUT2D eigenvalue weighted by Gasteiger charge is -2.31. The number of para-hydroxylation sites is 1. The van der Waals surface area contributed by atoms with Gasteiger partial charge in [0.1, 0.15) is 0 Å². The van der Waals surface area contributed by atoms with Crippen molar-refractivity contribution in [3.63, 3.8) is 0 Å². The van der Waals surface area contributed by atoms with Crippen LogP contribution in [0, 0.1) is 0 Å². The van der Waals surface area contributed by atoms with Gasteiger partial charge in [-0.3, -0.25) is 4.79 Å². The van der Waals surface area contributed by atoms with Gasteiger partial charge in [0.25, 0.3) is 5.91 Å². The lowest BCUT2D eigenvalue weighted by molar-refractivity contribution is 0.102. The Bertz CT molecular complexity index is 938. The number of nitrogens with one attached hydrogen (secondary N) is 1. The van der Waals surface area contributed by atoms with Gasteiger partial charge in [0.2, 0.25) is 10.0 Å². The van der Waals surface area contributed by atoms with Crippen molar-refractivity contribution >= 4 is 33.4 Å². The Morgan fingerprint density at radius 3 is 2.34 bits per heavy atom. The van der Waals surface area contributed by atoms with Gasteiger partial charge in [-0.25, -0.2) is 8.42 Å². The minimum absolute atomic E-state index is 0.0470. The molecule has 8 heteroatoms. The molecule has 0 saturated carbocycles. The Labute approximate surface area is 177 Å². The van der Waals surface area contributed by atoms with E-state index in [1.807, 2.05) is 31.3 Å². The van der Waals surface area contributed by atoms with Crippen LogP contribution in [-0.2, 0) is 15.8 Å². The molecular weight excluding hydrogens is 406 g/mol. The summed E-state index contributed by atoms with van der Waals surface area (Å²) in [6.07, 6.45) is 0. The first kappa shape index (κ1) is 21.8. The molecule has 0 atom stereocenters. The highest BCUT2D eigenvalue weighted by molar-refractivity contribution is 7.99. The van der Waals surface area contributed by atoms with Gasteiger partial charge in [-0.15, -0.1) is 11.8 Å². The molecule has 6 nitrogen and oxygen atoms in total. The molecule has 0 bridgehead atoms. The number of nitrogens with zero attached hydrogens (tertiary/aromatic N) is 2. The molecule has 0 aromatic heterocycles. The molecule has 1 aliphatic rings. The molecule has 3 rings (SSSR count). The number of carbonyl (C=O) groups excluding carboxylic acids is 1. The maximum absolute atomic E-state index is 12.6. The molecule has 29 heavy (non-hydrogen) atoms. The maximum Gasteiger partial charge on any atom is 0.255 e. The van der Waals surface area contributed by atoms with Crippen molar-refractivity contribution in [3.05, 3.63) is 59.7 Å². The van der Waals surface area contributed by atoms with Crippen LogP contribution in [0.25, 0.3) is 0 Å². The van der Waals surface area contributed by atoms with E-state index in [1.165, 1.54) is 0 Å². The van der Waals surface area contributed by atoms with Crippen molar-refractivity contribution in [1.29, 1.82) is 0 Å². The van der Waals surface area contributed by atoms with Crippen molar-refractivity contribution in [1.82, 2.24) is 9.21 Å². The van der Waals surface area contributed by atoms with Crippen LogP contribution in [0.3, 0.4) is 0 Å². The topological polar surface area (TPSA) is 69.7 Å². The highest BCUT2D eigenvalue weighted by Crippen LogP contribution is 2.27. The summed E-state index contributed by atoms with van der Waals surface area (Å²) in [5, 5.41) is 2.94. The zero-order valence-corrected chi connectivity index (χ0v) is 18.4. The first-order valence-electron chi connectivity index (χ1n) is 9.67. The molecule has 1 heterocycles. The Hall–Kier alpha value is -1.87. The van der Waals surface area contributed by atoms with Crippen LogP contribution < -0.4 is 5.32 Å². The fourth-order valence-electron chi connectivity index (χ4n) is 3.17. The molecule has 1 amide bonds. The second kappa shape index (κ2) is 9.75. The number of benzene rings is 2. The fourth-order valence-corrected chi connectivity index (χ4v) is 5.44. The summed E-state index contributed by atoms with van der Waals surface area (Å²) in [4.78, 5) is 15.7. The quantitative estimate of drug-likeness (QED) is 0.680. The standard InChI is InChI=1S/C21H27N3O3S2/c1-3-28-20-7-5-4-6-19(20)22-21(25)18-10-8-17(9-11-18)16-29(26,27)24-14-12-23(2)13-15-24/h4-11H,3,12-16H2,1-2H3,(H,22,25). The molecule has 1 aliphatic heterocycles. The van der Waals surface area contributed by atoms with Crippen LogP contribution >= 0.6 is 11.8 Å². The summed E-state index contributed by atoms with van der Waals surface area (Å²) in [5.41, 5.74) is 1.97.